The van der Waals surface area contributed by atoms with Gasteiger partial charge in [-0.1, -0.05) is 25.6 Å². The first-order valence-electron chi connectivity index (χ1n) is 6.01. The summed E-state index contributed by atoms with van der Waals surface area (Å²) in [6.45, 7) is 5.07. The average Bonchev–Trinajstić information content (AvgIpc) is 2.36. The van der Waals surface area contributed by atoms with E-state index >= 15 is 0 Å². The largest absolute Gasteiger partial charge is 0.467 e. The fourth-order valence-corrected chi connectivity index (χ4v) is 2.07. The SMILES string of the molecule is CCCNc1nc(OC)nc(SC(C)CCO)n1. The molecule has 2 N–H and O–H groups in total. The van der Waals surface area contributed by atoms with Gasteiger partial charge in [0.1, 0.15) is 0 Å². The Labute approximate surface area is 112 Å². The third-order valence-electron chi connectivity index (χ3n) is 2.15. The number of rotatable bonds is 8. The van der Waals surface area contributed by atoms with E-state index in [0.29, 0.717) is 23.5 Å². The van der Waals surface area contributed by atoms with Crippen molar-refractivity contribution in [2.75, 3.05) is 25.6 Å². The second-order valence-corrected chi connectivity index (χ2v) is 5.20. The van der Waals surface area contributed by atoms with Gasteiger partial charge in [0.25, 0.3) is 0 Å². The minimum Gasteiger partial charge on any atom is -0.467 e. The van der Waals surface area contributed by atoms with Crippen molar-refractivity contribution in [1.82, 2.24) is 15.0 Å². The highest BCUT2D eigenvalue weighted by Gasteiger charge is 2.10. The van der Waals surface area contributed by atoms with E-state index in [1.165, 1.54) is 18.9 Å². The molecule has 1 aromatic heterocycles. The number of aromatic nitrogens is 3. The van der Waals surface area contributed by atoms with Crippen molar-refractivity contribution >= 4 is 17.7 Å². The number of aliphatic hydroxyl groups excluding tert-OH is 1. The molecule has 102 valence electrons. The van der Waals surface area contributed by atoms with Gasteiger partial charge in [0.2, 0.25) is 5.95 Å². The summed E-state index contributed by atoms with van der Waals surface area (Å²) in [5.74, 6) is 0.530. The third kappa shape index (κ3) is 5.05. The molecule has 0 amide bonds. The van der Waals surface area contributed by atoms with E-state index in [0.717, 1.165) is 13.0 Å². The van der Waals surface area contributed by atoms with Crippen LogP contribution in [0.1, 0.15) is 26.7 Å². The molecule has 0 spiro atoms. The van der Waals surface area contributed by atoms with Gasteiger partial charge >= 0.3 is 6.01 Å². The van der Waals surface area contributed by atoms with Crippen LogP contribution in [-0.4, -0.2) is 45.6 Å². The zero-order chi connectivity index (χ0) is 13.4. The summed E-state index contributed by atoms with van der Waals surface area (Å²) < 4.78 is 5.05. The molecule has 0 aliphatic heterocycles. The summed E-state index contributed by atoms with van der Waals surface area (Å²) in [5, 5.41) is 12.9. The minimum absolute atomic E-state index is 0.164. The van der Waals surface area contributed by atoms with Gasteiger partial charge in [-0.25, -0.2) is 0 Å². The summed E-state index contributed by atoms with van der Waals surface area (Å²) >= 11 is 1.50. The van der Waals surface area contributed by atoms with Crippen LogP contribution in [0.15, 0.2) is 5.16 Å². The normalized spacial score (nSPS) is 12.2. The molecule has 0 aliphatic rings. The van der Waals surface area contributed by atoms with Crippen molar-refractivity contribution in [1.29, 1.82) is 0 Å². The Morgan fingerprint density at radius 1 is 1.39 bits per heavy atom. The van der Waals surface area contributed by atoms with Gasteiger partial charge < -0.3 is 15.2 Å². The Balaban J connectivity index is 2.76. The maximum absolute atomic E-state index is 8.88. The highest BCUT2D eigenvalue weighted by atomic mass is 32.2. The molecule has 0 saturated heterocycles. The van der Waals surface area contributed by atoms with Crippen LogP contribution in [0.25, 0.3) is 0 Å². The molecular formula is C11H20N4O2S. The fraction of sp³-hybridized carbons (Fsp3) is 0.727. The number of methoxy groups -OCH3 is 1. The summed E-state index contributed by atoms with van der Waals surface area (Å²) in [7, 11) is 1.53. The van der Waals surface area contributed by atoms with Gasteiger partial charge in [0, 0.05) is 18.4 Å². The second-order valence-electron chi connectivity index (χ2n) is 3.80. The zero-order valence-corrected chi connectivity index (χ0v) is 11.8. The monoisotopic (exact) mass is 272 g/mol. The van der Waals surface area contributed by atoms with E-state index in [1.807, 2.05) is 6.92 Å². The highest BCUT2D eigenvalue weighted by Crippen LogP contribution is 2.23. The van der Waals surface area contributed by atoms with Gasteiger partial charge in [0.05, 0.1) is 7.11 Å². The van der Waals surface area contributed by atoms with E-state index in [1.54, 1.807) is 0 Å². The zero-order valence-electron chi connectivity index (χ0n) is 11.0. The summed E-state index contributed by atoms with van der Waals surface area (Å²) in [6, 6.07) is 0.308. The molecule has 0 aromatic carbocycles. The first kappa shape index (κ1) is 15.0. The van der Waals surface area contributed by atoms with Crippen LogP contribution in [0.3, 0.4) is 0 Å². The lowest BCUT2D eigenvalue weighted by Crippen LogP contribution is -2.08. The molecular weight excluding hydrogens is 252 g/mol. The number of ether oxygens (including phenoxy) is 1. The van der Waals surface area contributed by atoms with Crippen LogP contribution in [0.2, 0.25) is 0 Å². The van der Waals surface area contributed by atoms with E-state index in [2.05, 4.69) is 27.2 Å². The van der Waals surface area contributed by atoms with Crippen LogP contribution in [0.4, 0.5) is 5.95 Å². The summed E-state index contributed by atoms with van der Waals surface area (Å²) in [5.41, 5.74) is 0. The van der Waals surface area contributed by atoms with Crippen molar-refractivity contribution in [2.24, 2.45) is 0 Å². The van der Waals surface area contributed by atoms with Crippen LogP contribution < -0.4 is 10.1 Å². The molecule has 1 unspecified atom stereocenters. The number of aliphatic hydroxyl groups is 1. The molecule has 0 saturated carbocycles. The molecule has 1 heterocycles. The Hall–Kier alpha value is -1.08. The van der Waals surface area contributed by atoms with E-state index < -0.39 is 0 Å². The average molecular weight is 272 g/mol. The van der Waals surface area contributed by atoms with Crippen molar-refractivity contribution in [3.8, 4) is 6.01 Å². The van der Waals surface area contributed by atoms with Gasteiger partial charge in [-0.05, 0) is 12.8 Å². The van der Waals surface area contributed by atoms with E-state index in [4.69, 9.17) is 9.84 Å². The molecule has 1 rings (SSSR count). The Morgan fingerprint density at radius 2 is 2.17 bits per heavy atom. The number of thioether (sulfide) groups is 1. The number of nitrogens with zero attached hydrogens (tertiary/aromatic N) is 3. The van der Waals surface area contributed by atoms with Crippen molar-refractivity contribution in [2.45, 2.75) is 37.1 Å². The maximum atomic E-state index is 8.88. The molecule has 0 radical (unpaired) electrons. The standard InChI is InChI=1S/C11H20N4O2S/c1-4-6-12-9-13-10(17-3)15-11(14-9)18-8(2)5-7-16/h8,16H,4-7H2,1-3H3,(H,12,13,14,15). The first-order valence-corrected chi connectivity index (χ1v) is 6.89. The topological polar surface area (TPSA) is 80.2 Å². The number of hydrogen-bond acceptors (Lipinski definition) is 7. The van der Waals surface area contributed by atoms with Crippen LogP contribution in [-0.2, 0) is 0 Å². The molecule has 6 nitrogen and oxygen atoms in total. The first-order chi connectivity index (χ1) is 8.69. The summed E-state index contributed by atoms with van der Waals surface area (Å²) in [4.78, 5) is 12.6. The fourth-order valence-electron chi connectivity index (χ4n) is 1.22. The molecule has 0 fully saturated rings. The second kappa shape index (κ2) is 8.10. The Morgan fingerprint density at radius 3 is 2.78 bits per heavy atom. The highest BCUT2D eigenvalue weighted by molar-refractivity contribution is 7.99. The van der Waals surface area contributed by atoms with Crippen molar-refractivity contribution in [3.05, 3.63) is 0 Å². The predicted molar refractivity (Wildman–Crippen MR) is 72.2 cm³/mol. The number of anilines is 1. The smallest absolute Gasteiger partial charge is 0.321 e. The quantitative estimate of drug-likeness (QED) is 0.695. The lowest BCUT2D eigenvalue weighted by molar-refractivity contribution is 0.289. The van der Waals surface area contributed by atoms with Gasteiger partial charge in [0.15, 0.2) is 5.16 Å². The molecule has 7 heteroatoms. The number of hydrogen-bond donors (Lipinski definition) is 2. The van der Waals surface area contributed by atoms with E-state index in [-0.39, 0.29) is 11.9 Å². The van der Waals surface area contributed by atoms with Gasteiger partial charge in [-0.3, -0.25) is 0 Å². The van der Waals surface area contributed by atoms with Crippen molar-refractivity contribution < 1.29 is 9.84 Å². The Bertz CT molecular complexity index is 365. The van der Waals surface area contributed by atoms with Gasteiger partial charge in [-0.15, -0.1) is 0 Å². The Kier molecular flexibility index (Phi) is 6.74. The lowest BCUT2D eigenvalue weighted by Gasteiger charge is -2.10. The predicted octanol–water partition coefficient (Wildman–Crippen LogP) is 1.57. The van der Waals surface area contributed by atoms with Crippen LogP contribution >= 0.6 is 11.8 Å². The van der Waals surface area contributed by atoms with Crippen molar-refractivity contribution in [3.63, 3.8) is 0 Å². The molecule has 1 aromatic rings. The molecule has 1 atom stereocenters. The lowest BCUT2D eigenvalue weighted by atomic mass is 10.4. The molecule has 0 bridgehead atoms. The third-order valence-corrected chi connectivity index (χ3v) is 3.18. The van der Waals surface area contributed by atoms with Crippen LogP contribution in [0.5, 0.6) is 6.01 Å². The maximum Gasteiger partial charge on any atom is 0.321 e. The number of nitrogens with one attached hydrogen (secondary N) is 1. The molecule has 18 heavy (non-hydrogen) atoms. The minimum atomic E-state index is 0.164. The van der Waals surface area contributed by atoms with E-state index in [9.17, 15) is 0 Å². The van der Waals surface area contributed by atoms with Gasteiger partial charge in [-0.2, -0.15) is 15.0 Å². The molecule has 0 aliphatic carbocycles. The van der Waals surface area contributed by atoms with Crippen LogP contribution in [0, 0.1) is 0 Å². The summed E-state index contributed by atoms with van der Waals surface area (Å²) in [6.07, 6.45) is 1.70.